The number of halogens is 1. The van der Waals surface area contributed by atoms with Gasteiger partial charge in [0, 0.05) is 29.0 Å². The van der Waals surface area contributed by atoms with Crippen LogP contribution >= 0.6 is 23.4 Å². The van der Waals surface area contributed by atoms with Crippen molar-refractivity contribution in [2.24, 2.45) is 5.73 Å². The molecule has 8 heteroatoms. The highest BCUT2D eigenvalue weighted by Crippen LogP contribution is 2.23. The second kappa shape index (κ2) is 7.90. The molecule has 0 heterocycles. The van der Waals surface area contributed by atoms with Crippen LogP contribution in [-0.2, 0) is 15.3 Å². The zero-order valence-electron chi connectivity index (χ0n) is 11.3. The normalized spacial score (nSPS) is 11.7. The van der Waals surface area contributed by atoms with Gasteiger partial charge in [-0.15, -0.1) is 0 Å². The number of carboxylic acids is 1. The van der Waals surface area contributed by atoms with E-state index in [0.717, 1.165) is 5.56 Å². The Morgan fingerprint density at radius 1 is 1.43 bits per heavy atom. The third kappa shape index (κ3) is 5.65. The first-order valence-electron chi connectivity index (χ1n) is 5.97. The molecular formula is C13H15ClN2O4S. The third-order valence-electron chi connectivity index (χ3n) is 2.56. The van der Waals surface area contributed by atoms with Gasteiger partial charge in [-0.1, -0.05) is 17.7 Å². The van der Waals surface area contributed by atoms with Gasteiger partial charge in [0.2, 0.25) is 11.8 Å². The molecule has 1 aromatic rings. The van der Waals surface area contributed by atoms with E-state index in [9.17, 15) is 14.4 Å². The molecule has 6 nitrogen and oxygen atoms in total. The van der Waals surface area contributed by atoms with Gasteiger partial charge in [0.15, 0.2) is 0 Å². The first-order chi connectivity index (χ1) is 9.81. The summed E-state index contributed by atoms with van der Waals surface area (Å²) in [5.74, 6) is -1.38. The molecule has 1 rings (SSSR count). The minimum atomic E-state index is -1.09. The van der Waals surface area contributed by atoms with E-state index in [1.54, 1.807) is 12.1 Å². The van der Waals surface area contributed by atoms with Gasteiger partial charge in [-0.3, -0.25) is 9.59 Å². The standard InChI is InChI=1S/C13H15ClN2O4S/c1-7(17)16-11(13(19)20)6-21-5-9-3-2-8(12(15)18)4-10(9)14/h2-4,11H,5-6H2,1H3,(H2,15,18)(H,16,17)(H,19,20)/t11-/m0/s1. The highest BCUT2D eigenvalue weighted by atomic mass is 35.5. The summed E-state index contributed by atoms with van der Waals surface area (Å²) in [4.78, 5) is 32.9. The summed E-state index contributed by atoms with van der Waals surface area (Å²) >= 11 is 7.35. The maximum atomic E-state index is 11.0. The van der Waals surface area contributed by atoms with E-state index < -0.39 is 23.8 Å². The van der Waals surface area contributed by atoms with Crippen molar-refractivity contribution < 1.29 is 19.5 Å². The van der Waals surface area contributed by atoms with Crippen LogP contribution in [0.25, 0.3) is 0 Å². The van der Waals surface area contributed by atoms with E-state index in [1.807, 2.05) is 0 Å². The van der Waals surface area contributed by atoms with Crippen molar-refractivity contribution in [3.63, 3.8) is 0 Å². The lowest BCUT2D eigenvalue weighted by atomic mass is 10.1. The van der Waals surface area contributed by atoms with E-state index >= 15 is 0 Å². The van der Waals surface area contributed by atoms with E-state index in [-0.39, 0.29) is 5.75 Å². The number of carbonyl (C=O) groups is 3. The van der Waals surface area contributed by atoms with Gasteiger partial charge in [0.25, 0.3) is 0 Å². The molecule has 1 atom stereocenters. The average molecular weight is 331 g/mol. The Bertz CT molecular complexity index is 565. The molecule has 0 saturated carbocycles. The molecule has 1 aromatic carbocycles. The molecule has 0 bridgehead atoms. The van der Waals surface area contributed by atoms with Crippen molar-refractivity contribution in [2.45, 2.75) is 18.7 Å². The second-order valence-corrected chi connectivity index (χ2v) is 5.71. The summed E-state index contributed by atoms with van der Waals surface area (Å²) in [6, 6.07) is 3.76. The van der Waals surface area contributed by atoms with Crippen LogP contribution in [0.1, 0.15) is 22.8 Å². The molecule has 0 aliphatic rings. The number of nitrogens with one attached hydrogen (secondary N) is 1. The van der Waals surface area contributed by atoms with Gasteiger partial charge in [-0.05, 0) is 17.7 Å². The van der Waals surface area contributed by atoms with Gasteiger partial charge in [0.1, 0.15) is 6.04 Å². The minimum Gasteiger partial charge on any atom is -0.480 e. The number of hydrogen-bond donors (Lipinski definition) is 3. The summed E-state index contributed by atoms with van der Waals surface area (Å²) in [5, 5.41) is 11.7. The van der Waals surface area contributed by atoms with Crippen LogP contribution in [0, 0.1) is 0 Å². The predicted molar refractivity (Wildman–Crippen MR) is 81.4 cm³/mol. The number of benzene rings is 1. The van der Waals surface area contributed by atoms with Crippen LogP contribution in [0.15, 0.2) is 18.2 Å². The van der Waals surface area contributed by atoms with E-state index in [4.69, 9.17) is 22.4 Å². The Hall–Kier alpha value is -1.73. The molecule has 21 heavy (non-hydrogen) atoms. The molecular weight excluding hydrogens is 316 g/mol. The first-order valence-corrected chi connectivity index (χ1v) is 7.50. The molecule has 0 aliphatic heterocycles. The Balaban J connectivity index is 2.60. The maximum absolute atomic E-state index is 11.0. The van der Waals surface area contributed by atoms with Gasteiger partial charge in [-0.25, -0.2) is 4.79 Å². The summed E-state index contributed by atoms with van der Waals surface area (Å²) < 4.78 is 0. The first kappa shape index (κ1) is 17.3. The SMILES string of the molecule is CC(=O)N[C@@H](CSCc1ccc(C(N)=O)cc1Cl)C(=O)O. The topological polar surface area (TPSA) is 109 Å². The Morgan fingerprint density at radius 2 is 2.10 bits per heavy atom. The molecule has 0 aromatic heterocycles. The molecule has 0 saturated heterocycles. The zero-order chi connectivity index (χ0) is 16.0. The number of carbonyl (C=O) groups excluding carboxylic acids is 2. The average Bonchev–Trinajstić information content (AvgIpc) is 2.38. The molecule has 0 radical (unpaired) electrons. The lowest BCUT2D eigenvalue weighted by Crippen LogP contribution is -2.41. The van der Waals surface area contributed by atoms with E-state index in [0.29, 0.717) is 16.3 Å². The van der Waals surface area contributed by atoms with Crippen molar-refractivity contribution in [3.05, 3.63) is 34.3 Å². The molecule has 114 valence electrons. The highest BCUT2D eigenvalue weighted by molar-refractivity contribution is 7.98. The zero-order valence-corrected chi connectivity index (χ0v) is 12.8. The minimum absolute atomic E-state index is 0.211. The molecule has 0 unspecified atom stereocenters. The quantitative estimate of drug-likeness (QED) is 0.697. The lowest BCUT2D eigenvalue weighted by molar-refractivity contribution is -0.140. The number of nitrogens with two attached hydrogens (primary N) is 1. The van der Waals surface area contributed by atoms with Gasteiger partial charge in [0.05, 0.1) is 0 Å². The Morgan fingerprint density at radius 3 is 2.57 bits per heavy atom. The van der Waals surface area contributed by atoms with Gasteiger partial charge < -0.3 is 16.2 Å². The largest absolute Gasteiger partial charge is 0.480 e. The predicted octanol–water partition coefficient (Wildman–Crippen LogP) is 1.26. The summed E-state index contributed by atoms with van der Waals surface area (Å²) in [7, 11) is 0. The van der Waals surface area contributed by atoms with Gasteiger partial charge in [-0.2, -0.15) is 11.8 Å². The molecule has 0 fully saturated rings. The fourth-order valence-corrected chi connectivity index (χ4v) is 2.90. The van der Waals surface area contributed by atoms with Crippen molar-refractivity contribution in [3.8, 4) is 0 Å². The number of aliphatic carboxylic acids is 1. The van der Waals surface area contributed by atoms with Crippen LogP contribution in [0.5, 0.6) is 0 Å². The second-order valence-electron chi connectivity index (χ2n) is 4.28. The molecule has 4 N–H and O–H groups in total. The highest BCUT2D eigenvalue weighted by Gasteiger charge is 2.18. The van der Waals surface area contributed by atoms with Crippen LogP contribution in [0.3, 0.4) is 0 Å². The third-order valence-corrected chi connectivity index (χ3v) is 3.99. The molecule has 0 aliphatic carbocycles. The van der Waals surface area contributed by atoms with Gasteiger partial charge >= 0.3 is 5.97 Å². The smallest absolute Gasteiger partial charge is 0.327 e. The number of amides is 2. The fraction of sp³-hybridized carbons (Fsp3) is 0.308. The summed E-state index contributed by atoms with van der Waals surface area (Å²) in [6.07, 6.45) is 0. The number of rotatable bonds is 7. The molecule has 0 spiro atoms. The van der Waals surface area contributed by atoms with Crippen LogP contribution in [0.2, 0.25) is 5.02 Å². The Labute approximate surface area is 131 Å². The van der Waals surface area contributed by atoms with Crippen molar-refractivity contribution in [2.75, 3.05) is 5.75 Å². The van der Waals surface area contributed by atoms with E-state index in [1.165, 1.54) is 24.8 Å². The van der Waals surface area contributed by atoms with Crippen molar-refractivity contribution in [1.82, 2.24) is 5.32 Å². The summed E-state index contributed by atoms with van der Waals surface area (Å²) in [6.45, 7) is 1.26. The van der Waals surface area contributed by atoms with E-state index in [2.05, 4.69) is 5.32 Å². The van der Waals surface area contributed by atoms with Crippen LogP contribution in [0.4, 0.5) is 0 Å². The van der Waals surface area contributed by atoms with Crippen molar-refractivity contribution in [1.29, 1.82) is 0 Å². The molecule has 2 amide bonds. The number of hydrogen-bond acceptors (Lipinski definition) is 4. The lowest BCUT2D eigenvalue weighted by Gasteiger charge is -2.13. The monoisotopic (exact) mass is 330 g/mol. The number of thioether (sulfide) groups is 1. The Kier molecular flexibility index (Phi) is 6.51. The van der Waals surface area contributed by atoms with Crippen molar-refractivity contribution >= 4 is 41.1 Å². The summed E-state index contributed by atoms with van der Waals surface area (Å²) in [5.41, 5.74) is 6.22. The van der Waals surface area contributed by atoms with Crippen LogP contribution in [-0.4, -0.2) is 34.7 Å². The maximum Gasteiger partial charge on any atom is 0.327 e. The van der Waals surface area contributed by atoms with Crippen LogP contribution < -0.4 is 11.1 Å². The number of primary amides is 1. The number of carboxylic acid groups (broad SMARTS) is 1. The fourth-order valence-electron chi connectivity index (χ4n) is 1.52.